The summed E-state index contributed by atoms with van der Waals surface area (Å²) in [5.41, 5.74) is 3.72. The van der Waals surface area contributed by atoms with Crippen LogP contribution >= 0.6 is 0 Å². The van der Waals surface area contributed by atoms with Crippen molar-refractivity contribution in [1.29, 1.82) is 0 Å². The number of rotatable bonds is 13. The third kappa shape index (κ3) is 7.11. The summed E-state index contributed by atoms with van der Waals surface area (Å²) < 4.78 is 36.1. The molecule has 0 spiro atoms. The number of anilines is 1. The normalized spacial score (nSPS) is 10.9. The number of benzene rings is 2. The molecule has 8 nitrogen and oxygen atoms in total. The Morgan fingerprint density at radius 1 is 1.23 bits per heavy atom. The van der Waals surface area contributed by atoms with E-state index in [2.05, 4.69) is 26.9 Å². The molecular formula is C25H28F2N4O4. The summed E-state index contributed by atoms with van der Waals surface area (Å²) in [6.07, 6.45) is 3.32. The maximum absolute atomic E-state index is 12.4. The highest BCUT2D eigenvalue weighted by atomic mass is 19.3. The first kappa shape index (κ1) is 25.9. The van der Waals surface area contributed by atoms with Crippen molar-refractivity contribution < 1.29 is 28.2 Å². The number of hydrogen-bond donors (Lipinski definition) is 3. The van der Waals surface area contributed by atoms with Gasteiger partial charge in [-0.3, -0.25) is 4.79 Å². The fraction of sp³-hybridized carbons (Fsp3) is 0.280. The average Bonchev–Trinajstić information content (AvgIpc) is 3.25. The van der Waals surface area contributed by atoms with E-state index in [0.29, 0.717) is 31.1 Å². The number of imidazole rings is 1. The largest absolute Gasteiger partial charge is 0.435 e. The van der Waals surface area contributed by atoms with Crippen LogP contribution in [0.25, 0.3) is 17.5 Å². The van der Waals surface area contributed by atoms with Crippen molar-refractivity contribution in [3.63, 3.8) is 0 Å². The van der Waals surface area contributed by atoms with E-state index in [1.807, 2.05) is 23.6 Å². The van der Waals surface area contributed by atoms with Gasteiger partial charge >= 0.3 is 6.61 Å². The van der Waals surface area contributed by atoms with Gasteiger partial charge in [0.15, 0.2) is 0 Å². The predicted molar refractivity (Wildman–Crippen MR) is 129 cm³/mol. The molecule has 0 saturated heterocycles. The van der Waals surface area contributed by atoms with E-state index in [1.165, 1.54) is 12.1 Å². The number of nitrogens with one attached hydrogen (secondary N) is 2. The van der Waals surface area contributed by atoms with Crippen LogP contribution < -0.4 is 15.4 Å². The molecule has 1 aromatic heterocycles. The Balaban J connectivity index is 1.62. The van der Waals surface area contributed by atoms with Crippen molar-refractivity contribution >= 4 is 17.8 Å². The van der Waals surface area contributed by atoms with E-state index in [9.17, 15) is 13.6 Å². The number of aryl methyl sites for hydroxylation is 1. The number of amides is 1. The van der Waals surface area contributed by atoms with Crippen LogP contribution in [0, 0.1) is 6.92 Å². The third-order valence-corrected chi connectivity index (χ3v) is 5.12. The average molecular weight is 487 g/mol. The molecule has 0 aliphatic heterocycles. The SMILES string of the molecule is C=Cn1c(-c2ccc(OC(F)F)cc2)cnc1CNc1ccc(C(=O)NCCOCCO)c(C)c1. The van der Waals surface area contributed by atoms with Crippen LogP contribution in [0.1, 0.15) is 21.7 Å². The second kappa shape index (κ2) is 12.6. The molecule has 0 atom stereocenters. The van der Waals surface area contributed by atoms with Crippen LogP contribution in [0.2, 0.25) is 0 Å². The molecule has 0 unspecified atom stereocenters. The first-order chi connectivity index (χ1) is 16.9. The monoisotopic (exact) mass is 486 g/mol. The fourth-order valence-corrected chi connectivity index (χ4v) is 3.46. The van der Waals surface area contributed by atoms with Crippen molar-refractivity contribution in [1.82, 2.24) is 14.9 Å². The van der Waals surface area contributed by atoms with Crippen molar-refractivity contribution in [2.75, 3.05) is 31.7 Å². The number of aliphatic hydroxyl groups excluding tert-OH is 1. The molecule has 3 aromatic rings. The smallest absolute Gasteiger partial charge is 0.387 e. The Bertz CT molecular complexity index is 1130. The molecule has 1 heterocycles. The van der Waals surface area contributed by atoms with Crippen LogP contribution in [0.5, 0.6) is 5.75 Å². The molecule has 0 aliphatic carbocycles. The zero-order valence-electron chi connectivity index (χ0n) is 19.3. The van der Waals surface area contributed by atoms with Crippen LogP contribution in [0.4, 0.5) is 14.5 Å². The van der Waals surface area contributed by atoms with E-state index in [4.69, 9.17) is 9.84 Å². The highest BCUT2D eigenvalue weighted by Crippen LogP contribution is 2.25. The van der Waals surface area contributed by atoms with Crippen molar-refractivity contribution in [3.05, 3.63) is 72.2 Å². The highest BCUT2D eigenvalue weighted by Gasteiger charge is 2.12. The van der Waals surface area contributed by atoms with Crippen molar-refractivity contribution in [2.24, 2.45) is 0 Å². The number of ether oxygens (including phenoxy) is 2. The number of hydrogen-bond acceptors (Lipinski definition) is 6. The second-order valence-electron chi connectivity index (χ2n) is 7.49. The standard InChI is InChI=1S/C25H28F2N4O4/c1-3-31-22(18-4-7-20(8-5-18)35-25(26)27)15-30-23(31)16-29-19-6-9-21(17(2)14-19)24(33)28-10-12-34-13-11-32/h3-9,14-15,25,29,32H,1,10-13,16H2,2H3,(H,28,33). The molecular weight excluding hydrogens is 458 g/mol. The molecule has 35 heavy (non-hydrogen) atoms. The molecule has 3 N–H and O–H groups in total. The van der Waals surface area contributed by atoms with Crippen molar-refractivity contribution in [3.8, 4) is 17.0 Å². The zero-order chi connectivity index (χ0) is 25.2. The third-order valence-electron chi connectivity index (χ3n) is 5.12. The number of aliphatic hydroxyl groups is 1. The Labute approximate surface area is 202 Å². The number of carbonyl (C=O) groups excluding carboxylic acids is 1. The number of nitrogens with zero attached hydrogens (tertiary/aromatic N) is 2. The lowest BCUT2D eigenvalue weighted by atomic mass is 10.1. The van der Waals surface area contributed by atoms with Gasteiger partial charge in [-0.15, -0.1) is 0 Å². The van der Waals surface area contributed by atoms with Crippen LogP contribution in [0.3, 0.4) is 0 Å². The Hall–Kier alpha value is -3.76. The van der Waals surface area contributed by atoms with Gasteiger partial charge in [-0.2, -0.15) is 8.78 Å². The lowest BCUT2D eigenvalue weighted by molar-refractivity contribution is -0.0498. The molecule has 0 aliphatic rings. The minimum atomic E-state index is -2.87. The van der Waals surface area contributed by atoms with Crippen LogP contribution in [0.15, 0.2) is 55.2 Å². The second-order valence-corrected chi connectivity index (χ2v) is 7.49. The lowest BCUT2D eigenvalue weighted by Crippen LogP contribution is -2.28. The molecule has 0 fully saturated rings. The number of aromatic nitrogens is 2. The Morgan fingerprint density at radius 3 is 2.66 bits per heavy atom. The van der Waals surface area contributed by atoms with Gasteiger partial charge in [0.1, 0.15) is 11.6 Å². The van der Waals surface area contributed by atoms with E-state index in [1.54, 1.807) is 30.6 Å². The fourth-order valence-electron chi connectivity index (χ4n) is 3.46. The van der Waals surface area contributed by atoms with Crippen molar-refractivity contribution in [2.45, 2.75) is 20.1 Å². The Morgan fingerprint density at radius 2 is 2.00 bits per heavy atom. The lowest BCUT2D eigenvalue weighted by Gasteiger charge is -2.12. The van der Waals surface area contributed by atoms with E-state index >= 15 is 0 Å². The van der Waals surface area contributed by atoms with Crippen LogP contribution in [-0.2, 0) is 11.3 Å². The maximum atomic E-state index is 12.4. The van der Waals surface area contributed by atoms with Gasteiger partial charge in [-0.25, -0.2) is 4.98 Å². The summed E-state index contributed by atoms with van der Waals surface area (Å²) in [5.74, 6) is 0.585. The van der Waals surface area contributed by atoms with Gasteiger partial charge in [0, 0.05) is 29.6 Å². The first-order valence-corrected chi connectivity index (χ1v) is 11.0. The topological polar surface area (TPSA) is 97.6 Å². The zero-order valence-corrected chi connectivity index (χ0v) is 19.3. The first-order valence-electron chi connectivity index (χ1n) is 11.0. The molecule has 0 radical (unpaired) electrons. The number of halogens is 2. The minimum absolute atomic E-state index is 0.0536. The summed E-state index contributed by atoms with van der Waals surface area (Å²) in [6.45, 7) is 4.10. The molecule has 0 saturated carbocycles. The summed E-state index contributed by atoms with van der Waals surface area (Å²) >= 11 is 0. The summed E-state index contributed by atoms with van der Waals surface area (Å²) in [4.78, 5) is 16.8. The van der Waals surface area contributed by atoms with Gasteiger partial charge in [0.05, 0.1) is 38.3 Å². The Kier molecular flexibility index (Phi) is 9.33. The predicted octanol–water partition coefficient (Wildman–Crippen LogP) is 3.91. The van der Waals surface area contributed by atoms with Crippen LogP contribution in [-0.4, -0.2) is 53.5 Å². The number of carbonyl (C=O) groups is 1. The maximum Gasteiger partial charge on any atom is 0.387 e. The van der Waals surface area contributed by atoms with E-state index < -0.39 is 6.61 Å². The van der Waals surface area contributed by atoms with Gasteiger partial charge in [-0.1, -0.05) is 6.58 Å². The minimum Gasteiger partial charge on any atom is -0.435 e. The molecule has 0 bridgehead atoms. The van der Waals surface area contributed by atoms with Gasteiger partial charge in [0.2, 0.25) is 0 Å². The molecule has 186 valence electrons. The molecule has 1 amide bonds. The van der Waals surface area contributed by atoms with E-state index in [0.717, 1.165) is 22.5 Å². The van der Waals surface area contributed by atoms with Gasteiger partial charge in [0.25, 0.3) is 5.91 Å². The van der Waals surface area contributed by atoms with Gasteiger partial charge < -0.3 is 29.8 Å². The number of alkyl halides is 2. The summed E-state index contributed by atoms with van der Waals surface area (Å²) in [5, 5.41) is 14.8. The quantitative estimate of drug-likeness (QED) is 0.317. The molecule has 2 aromatic carbocycles. The highest BCUT2D eigenvalue weighted by molar-refractivity contribution is 5.96. The molecule has 10 heteroatoms. The van der Waals surface area contributed by atoms with E-state index in [-0.39, 0.29) is 24.9 Å². The summed E-state index contributed by atoms with van der Waals surface area (Å²) in [6, 6.07) is 11.7. The summed E-state index contributed by atoms with van der Waals surface area (Å²) in [7, 11) is 0. The van der Waals surface area contributed by atoms with Gasteiger partial charge in [-0.05, 0) is 55.0 Å². The molecule has 3 rings (SSSR count).